The maximum absolute atomic E-state index is 12.3. The number of carboxylic acids is 1. The van der Waals surface area contributed by atoms with Crippen LogP contribution in [0.15, 0.2) is 12.2 Å². The van der Waals surface area contributed by atoms with Gasteiger partial charge in [-0.25, -0.2) is 9.59 Å². The van der Waals surface area contributed by atoms with Gasteiger partial charge in [0.05, 0.1) is 12.2 Å². The summed E-state index contributed by atoms with van der Waals surface area (Å²) in [7, 11) is 0. The van der Waals surface area contributed by atoms with E-state index in [-0.39, 0.29) is 6.61 Å². The fourth-order valence-corrected chi connectivity index (χ4v) is 4.16. The van der Waals surface area contributed by atoms with Gasteiger partial charge in [-0.3, -0.25) is 4.79 Å². The minimum Gasteiger partial charge on any atom is -0.478 e. The number of anilines is 1. The van der Waals surface area contributed by atoms with Gasteiger partial charge >= 0.3 is 11.9 Å². The number of hydrogen-bond acceptors (Lipinski definition) is 5. The molecule has 0 aromatic carbocycles. The van der Waals surface area contributed by atoms with Crippen molar-refractivity contribution in [3.8, 4) is 0 Å². The summed E-state index contributed by atoms with van der Waals surface area (Å²) in [5, 5.41) is 11.7. The highest BCUT2D eigenvalue weighted by molar-refractivity contribution is 7.17. The van der Waals surface area contributed by atoms with Crippen molar-refractivity contribution >= 4 is 34.2 Å². The number of hydrogen-bond donors (Lipinski definition) is 2. The molecule has 1 aromatic rings. The largest absolute Gasteiger partial charge is 0.478 e. The molecule has 1 heterocycles. The van der Waals surface area contributed by atoms with Crippen LogP contribution in [0.3, 0.4) is 0 Å². The molecule has 0 aliphatic heterocycles. The Labute approximate surface area is 144 Å². The van der Waals surface area contributed by atoms with E-state index in [2.05, 4.69) is 12.2 Å². The van der Waals surface area contributed by atoms with Crippen molar-refractivity contribution < 1.29 is 24.2 Å². The number of carbonyl (C=O) groups excluding carboxylic acids is 2. The maximum atomic E-state index is 12.3. The van der Waals surface area contributed by atoms with Crippen LogP contribution in [0.5, 0.6) is 0 Å². The average Bonchev–Trinajstić information content (AvgIpc) is 2.89. The number of carbonyl (C=O) groups is 3. The molecule has 2 N–H and O–H groups in total. The number of thiophene rings is 1. The molecule has 1 unspecified atom stereocenters. The lowest BCUT2D eigenvalue weighted by Crippen LogP contribution is -2.16. The summed E-state index contributed by atoms with van der Waals surface area (Å²) in [6, 6.07) is 0. The molecule has 2 rings (SSSR count). The lowest BCUT2D eigenvalue weighted by molar-refractivity contribution is -0.131. The number of rotatable bonds is 6. The Morgan fingerprint density at radius 1 is 1.33 bits per heavy atom. The number of esters is 1. The Morgan fingerprint density at radius 2 is 2.08 bits per heavy atom. The molecule has 1 atom stereocenters. The van der Waals surface area contributed by atoms with Crippen LogP contribution in [-0.4, -0.2) is 29.6 Å². The van der Waals surface area contributed by atoms with Gasteiger partial charge in [-0.15, -0.1) is 11.3 Å². The molecular weight excluding hydrogens is 330 g/mol. The molecule has 1 amide bonds. The van der Waals surface area contributed by atoms with Crippen molar-refractivity contribution in [2.75, 3.05) is 11.9 Å². The minimum absolute atomic E-state index is 0.257. The Morgan fingerprint density at radius 3 is 2.71 bits per heavy atom. The summed E-state index contributed by atoms with van der Waals surface area (Å²) < 4.78 is 5.13. The number of fused-ring (bicyclic) bond motifs is 1. The van der Waals surface area contributed by atoms with Crippen molar-refractivity contribution in [2.45, 2.75) is 39.5 Å². The van der Waals surface area contributed by atoms with Gasteiger partial charge in [0.25, 0.3) is 0 Å². The van der Waals surface area contributed by atoms with Crippen LogP contribution in [0.1, 0.15) is 47.5 Å². The highest BCUT2D eigenvalue weighted by Crippen LogP contribution is 2.40. The van der Waals surface area contributed by atoms with E-state index in [0.29, 0.717) is 16.5 Å². The first-order valence-electron chi connectivity index (χ1n) is 7.99. The summed E-state index contributed by atoms with van der Waals surface area (Å²) in [4.78, 5) is 35.8. The summed E-state index contributed by atoms with van der Waals surface area (Å²) >= 11 is 1.38. The highest BCUT2D eigenvalue weighted by atomic mass is 32.1. The van der Waals surface area contributed by atoms with Gasteiger partial charge in [0.2, 0.25) is 5.91 Å². The molecule has 7 heteroatoms. The second kappa shape index (κ2) is 8.10. The average molecular weight is 351 g/mol. The number of aliphatic carboxylic acids is 1. The lowest BCUT2D eigenvalue weighted by Gasteiger charge is -2.20. The third kappa shape index (κ3) is 4.23. The summed E-state index contributed by atoms with van der Waals surface area (Å²) in [5.41, 5.74) is 1.38. The standard InChI is InChI=1S/C17H21NO5S/c1-3-10-5-6-11-12(9-10)24-16(15(11)17(22)23-4-2)18-13(19)7-8-14(20)21/h7-8,10H,3-6,9H2,1-2H3,(H,18,19)(H,20,21)/b8-7-. The number of amides is 1. The zero-order valence-corrected chi connectivity index (χ0v) is 14.6. The Balaban J connectivity index is 2.32. The quantitative estimate of drug-likeness (QED) is 0.607. The molecular formula is C17H21NO5S. The topological polar surface area (TPSA) is 92.7 Å². The predicted octanol–water partition coefficient (Wildman–Crippen LogP) is 3.02. The van der Waals surface area contributed by atoms with Gasteiger partial charge in [0.15, 0.2) is 0 Å². The molecule has 0 radical (unpaired) electrons. The van der Waals surface area contributed by atoms with Crippen LogP contribution >= 0.6 is 11.3 Å². The third-order valence-corrected chi connectivity index (χ3v) is 5.21. The first-order chi connectivity index (χ1) is 11.5. The smallest absolute Gasteiger partial charge is 0.341 e. The molecule has 0 saturated carbocycles. The Bertz CT molecular complexity index is 677. The van der Waals surface area contributed by atoms with Crippen LogP contribution in [-0.2, 0) is 27.2 Å². The molecule has 0 saturated heterocycles. The number of carboxylic acid groups (broad SMARTS) is 1. The van der Waals surface area contributed by atoms with Crippen molar-refractivity contribution in [2.24, 2.45) is 5.92 Å². The van der Waals surface area contributed by atoms with Crippen LogP contribution in [0, 0.1) is 5.92 Å². The summed E-state index contributed by atoms with van der Waals surface area (Å²) in [5.74, 6) is -1.63. The fourth-order valence-electron chi connectivity index (χ4n) is 2.81. The molecule has 6 nitrogen and oxygen atoms in total. The molecule has 1 aromatic heterocycles. The van der Waals surface area contributed by atoms with Crippen LogP contribution in [0.4, 0.5) is 5.00 Å². The molecule has 130 valence electrons. The molecule has 24 heavy (non-hydrogen) atoms. The molecule has 1 aliphatic carbocycles. The fraction of sp³-hybridized carbons (Fsp3) is 0.471. The van der Waals surface area contributed by atoms with Crippen molar-refractivity contribution in [1.82, 2.24) is 0 Å². The SMILES string of the molecule is CCOC(=O)c1c(NC(=O)/C=C\C(=O)O)sc2c1CCC(CC)C2. The van der Waals surface area contributed by atoms with E-state index in [9.17, 15) is 14.4 Å². The zero-order valence-electron chi connectivity index (χ0n) is 13.8. The van der Waals surface area contributed by atoms with Gasteiger partial charge < -0.3 is 15.2 Å². The second-order valence-electron chi connectivity index (χ2n) is 5.61. The zero-order chi connectivity index (χ0) is 17.7. The van der Waals surface area contributed by atoms with Gasteiger partial charge in [-0.05, 0) is 37.7 Å². The molecule has 1 aliphatic rings. The first kappa shape index (κ1) is 18.2. The normalized spacial score (nSPS) is 16.7. The Hall–Kier alpha value is -2.15. The van der Waals surface area contributed by atoms with E-state index in [1.807, 2.05) is 0 Å². The predicted molar refractivity (Wildman–Crippen MR) is 91.5 cm³/mol. The summed E-state index contributed by atoms with van der Waals surface area (Å²) in [6.07, 6.45) is 5.47. The van der Waals surface area contributed by atoms with Crippen LogP contribution < -0.4 is 5.32 Å². The molecule has 0 spiro atoms. The monoisotopic (exact) mass is 351 g/mol. The summed E-state index contributed by atoms with van der Waals surface area (Å²) in [6.45, 7) is 4.14. The van der Waals surface area contributed by atoms with E-state index >= 15 is 0 Å². The molecule has 0 fully saturated rings. The van der Waals surface area contributed by atoms with E-state index in [0.717, 1.165) is 48.3 Å². The maximum Gasteiger partial charge on any atom is 0.341 e. The van der Waals surface area contributed by atoms with Crippen molar-refractivity contribution in [3.63, 3.8) is 0 Å². The van der Waals surface area contributed by atoms with Gasteiger partial charge in [0, 0.05) is 17.0 Å². The van der Waals surface area contributed by atoms with E-state index in [1.54, 1.807) is 6.92 Å². The Kier molecular flexibility index (Phi) is 6.14. The third-order valence-electron chi connectivity index (χ3n) is 4.04. The lowest BCUT2D eigenvalue weighted by atomic mass is 9.85. The number of nitrogens with one attached hydrogen (secondary N) is 1. The van der Waals surface area contributed by atoms with Crippen LogP contribution in [0.2, 0.25) is 0 Å². The van der Waals surface area contributed by atoms with E-state index in [4.69, 9.17) is 9.84 Å². The first-order valence-corrected chi connectivity index (χ1v) is 8.81. The van der Waals surface area contributed by atoms with Gasteiger partial charge in [-0.2, -0.15) is 0 Å². The van der Waals surface area contributed by atoms with Gasteiger partial charge in [0.1, 0.15) is 5.00 Å². The highest BCUT2D eigenvalue weighted by Gasteiger charge is 2.29. The van der Waals surface area contributed by atoms with Crippen LogP contribution in [0.25, 0.3) is 0 Å². The minimum atomic E-state index is -1.20. The van der Waals surface area contributed by atoms with Crippen molar-refractivity contribution in [3.05, 3.63) is 28.2 Å². The van der Waals surface area contributed by atoms with E-state index in [1.165, 1.54) is 11.3 Å². The second-order valence-corrected chi connectivity index (χ2v) is 6.71. The van der Waals surface area contributed by atoms with Gasteiger partial charge in [-0.1, -0.05) is 13.3 Å². The molecule has 0 bridgehead atoms. The number of ether oxygens (including phenoxy) is 1. The van der Waals surface area contributed by atoms with Crippen molar-refractivity contribution in [1.29, 1.82) is 0 Å². The van der Waals surface area contributed by atoms with E-state index < -0.39 is 17.8 Å².